The van der Waals surface area contributed by atoms with E-state index in [1.165, 1.54) is 12.1 Å². The van der Waals surface area contributed by atoms with Crippen molar-refractivity contribution >= 4 is 23.2 Å². The molecular weight excluding hydrogens is 363 g/mol. The summed E-state index contributed by atoms with van der Waals surface area (Å²) in [6.07, 6.45) is 0. The molecule has 1 N–H and O–H groups in total. The third kappa shape index (κ3) is 3.07. The van der Waals surface area contributed by atoms with Gasteiger partial charge in [-0.3, -0.25) is 4.79 Å². The van der Waals surface area contributed by atoms with E-state index in [0.717, 1.165) is 19.1 Å². The van der Waals surface area contributed by atoms with Gasteiger partial charge in [-0.25, -0.2) is 18.3 Å². The van der Waals surface area contributed by atoms with E-state index in [1.54, 1.807) is 0 Å². The summed E-state index contributed by atoms with van der Waals surface area (Å²) in [5.74, 6) is -1.68. The second kappa shape index (κ2) is 6.71. The fourth-order valence-corrected chi connectivity index (χ4v) is 2.33. The minimum Gasteiger partial charge on any atom is -0.325 e. The zero-order valence-corrected chi connectivity index (χ0v) is 13.1. The maximum atomic E-state index is 14.3. The molecule has 0 radical (unpaired) electrons. The fraction of sp³-hybridized carbons (Fsp3) is 0.143. The molecule has 1 heterocycles. The molecule has 1 aromatic carbocycles. The van der Waals surface area contributed by atoms with Gasteiger partial charge in [-0.05, 0) is 12.1 Å². The molecule has 25 heavy (non-hydrogen) atoms. The highest BCUT2D eigenvalue weighted by Crippen LogP contribution is 2.29. The molecule has 0 aliphatic rings. The highest BCUT2D eigenvalue weighted by molar-refractivity contribution is 6.33. The van der Waals surface area contributed by atoms with Gasteiger partial charge in [0.05, 0.1) is 16.4 Å². The maximum absolute atomic E-state index is 14.3. The lowest BCUT2D eigenvalue weighted by Crippen LogP contribution is -2.25. The number of carbonyl (C=O) groups is 1. The number of hydrogen-bond donors (Lipinski definition) is 1. The largest absolute Gasteiger partial charge is 0.339 e. The van der Waals surface area contributed by atoms with Crippen LogP contribution in [0.25, 0.3) is 5.69 Å². The SMILES string of the molecule is CC(=O)Nc1cc(-n2c(C#N)c(C#N)n(C(F)F)c2=O)c(F)cc1Cl. The van der Waals surface area contributed by atoms with E-state index in [2.05, 4.69) is 5.32 Å². The average Bonchev–Trinajstić information content (AvgIpc) is 2.81. The smallest absolute Gasteiger partial charge is 0.325 e. The van der Waals surface area contributed by atoms with Gasteiger partial charge in [-0.15, -0.1) is 0 Å². The number of nitrogens with one attached hydrogen (secondary N) is 1. The van der Waals surface area contributed by atoms with Crippen LogP contribution in [0.4, 0.5) is 18.9 Å². The molecular formula is C14H7ClF3N5O2. The van der Waals surface area contributed by atoms with Gasteiger partial charge in [0.25, 0.3) is 0 Å². The van der Waals surface area contributed by atoms with Crippen LogP contribution in [0.3, 0.4) is 0 Å². The number of nitriles is 2. The van der Waals surface area contributed by atoms with E-state index >= 15 is 0 Å². The number of aromatic nitrogens is 2. The van der Waals surface area contributed by atoms with Crippen molar-refractivity contribution in [2.45, 2.75) is 13.5 Å². The van der Waals surface area contributed by atoms with E-state index in [-0.39, 0.29) is 15.3 Å². The standard InChI is InChI=1S/C14H7ClF3N5O2/c1-6(24)21-9-3-10(8(16)2-7(9)15)22-11(4-19)12(5-20)23(13(17)18)14(22)25/h2-3,13H,1H3,(H,21,24). The maximum Gasteiger partial charge on any atom is 0.339 e. The predicted octanol–water partition coefficient (Wildman–Crippen LogP) is 2.53. The molecule has 2 rings (SSSR count). The van der Waals surface area contributed by atoms with Gasteiger partial charge >= 0.3 is 12.2 Å². The Bertz CT molecular complexity index is 1010. The molecule has 0 aliphatic carbocycles. The van der Waals surface area contributed by atoms with Gasteiger partial charge in [0.1, 0.15) is 18.0 Å². The Kier molecular flexibility index (Phi) is 4.86. The van der Waals surface area contributed by atoms with Crippen LogP contribution in [0.5, 0.6) is 0 Å². The first kappa shape index (κ1) is 18.1. The van der Waals surface area contributed by atoms with Crippen LogP contribution >= 0.6 is 11.6 Å². The summed E-state index contributed by atoms with van der Waals surface area (Å²) in [7, 11) is 0. The monoisotopic (exact) mass is 369 g/mol. The topological polar surface area (TPSA) is 104 Å². The summed E-state index contributed by atoms with van der Waals surface area (Å²) in [5, 5.41) is 20.2. The molecule has 11 heteroatoms. The van der Waals surface area contributed by atoms with Gasteiger partial charge < -0.3 is 5.32 Å². The van der Waals surface area contributed by atoms with Crippen molar-refractivity contribution in [1.82, 2.24) is 9.13 Å². The van der Waals surface area contributed by atoms with Crippen molar-refractivity contribution in [1.29, 1.82) is 10.5 Å². The number of benzene rings is 1. The number of hydrogen-bond acceptors (Lipinski definition) is 4. The summed E-state index contributed by atoms with van der Waals surface area (Å²) in [4.78, 5) is 23.3. The minimum absolute atomic E-state index is 0.107. The number of carbonyl (C=O) groups excluding carboxylic acids is 1. The third-order valence-electron chi connectivity index (χ3n) is 3.08. The molecule has 0 atom stereocenters. The van der Waals surface area contributed by atoms with Gasteiger partial charge in [0.2, 0.25) is 5.91 Å². The Labute approximate surface area is 143 Å². The summed E-state index contributed by atoms with van der Waals surface area (Å²) >= 11 is 5.78. The van der Waals surface area contributed by atoms with E-state index < -0.39 is 41.0 Å². The van der Waals surface area contributed by atoms with Crippen molar-refractivity contribution in [3.8, 4) is 17.8 Å². The van der Waals surface area contributed by atoms with Crippen molar-refractivity contribution in [3.63, 3.8) is 0 Å². The van der Waals surface area contributed by atoms with E-state index in [9.17, 15) is 22.8 Å². The lowest BCUT2D eigenvalue weighted by Gasteiger charge is -2.10. The van der Waals surface area contributed by atoms with Crippen LogP contribution in [0.1, 0.15) is 24.9 Å². The number of alkyl halides is 2. The molecule has 0 bridgehead atoms. The Morgan fingerprint density at radius 3 is 2.36 bits per heavy atom. The first-order valence-corrected chi connectivity index (χ1v) is 6.83. The minimum atomic E-state index is -3.42. The first-order valence-electron chi connectivity index (χ1n) is 6.45. The molecule has 0 fully saturated rings. The molecule has 1 amide bonds. The Balaban J connectivity index is 2.89. The Morgan fingerprint density at radius 2 is 1.88 bits per heavy atom. The van der Waals surface area contributed by atoms with Gasteiger partial charge in [0.15, 0.2) is 11.4 Å². The molecule has 1 aromatic heterocycles. The highest BCUT2D eigenvalue weighted by Gasteiger charge is 2.27. The van der Waals surface area contributed by atoms with Crippen LogP contribution in [0.15, 0.2) is 16.9 Å². The van der Waals surface area contributed by atoms with Gasteiger partial charge in [-0.2, -0.15) is 19.3 Å². The summed E-state index contributed by atoms with van der Waals surface area (Å²) in [5.41, 5.74) is -3.91. The zero-order chi connectivity index (χ0) is 18.9. The lowest BCUT2D eigenvalue weighted by molar-refractivity contribution is -0.114. The third-order valence-corrected chi connectivity index (χ3v) is 3.39. The average molecular weight is 370 g/mol. The summed E-state index contributed by atoms with van der Waals surface area (Å²) in [6, 6.07) is 4.40. The quantitative estimate of drug-likeness (QED) is 0.897. The zero-order valence-electron chi connectivity index (χ0n) is 12.3. The number of nitrogens with zero attached hydrogens (tertiary/aromatic N) is 4. The normalized spacial score (nSPS) is 10.4. The fourth-order valence-electron chi connectivity index (χ4n) is 2.13. The van der Waals surface area contributed by atoms with Crippen LogP contribution in [-0.2, 0) is 4.79 Å². The molecule has 0 saturated carbocycles. The van der Waals surface area contributed by atoms with E-state index in [0.29, 0.717) is 4.57 Å². The van der Waals surface area contributed by atoms with Crippen LogP contribution in [0.2, 0.25) is 5.02 Å². The van der Waals surface area contributed by atoms with E-state index in [4.69, 9.17) is 22.1 Å². The lowest BCUT2D eigenvalue weighted by atomic mass is 10.2. The first-order chi connectivity index (χ1) is 11.7. The molecule has 128 valence electrons. The second-order valence-electron chi connectivity index (χ2n) is 4.65. The van der Waals surface area contributed by atoms with Crippen LogP contribution in [0, 0.1) is 28.5 Å². The molecule has 2 aromatic rings. The highest BCUT2D eigenvalue weighted by atomic mass is 35.5. The molecule has 0 unspecified atom stereocenters. The van der Waals surface area contributed by atoms with E-state index in [1.807, 2.05) is 0 Å². The van der Waals surface area contributed by atoms with Crippen molar-refractivity contribution in [3.05, 3.63) is 44.8 Å². The number of imidazole rings is 1. The summed E-state index contributed by atoms with van der Waals surface area (Å²) in [6.45, 7) is -2.27. The predicted molar refractivity (Wildman–Crippen MR) is 80.0 cm³/mol. The number of amides is 1. The molecule has 7 nitrogen and oxygen atoms in total. The molecule has 0 spiro atoms. The Morgan fingerprint density at radius 1 is 1.28 bits per heavy atom. The van der Waals surface area contributed by atoms with Crippen molar-refractivity contribution in [2.75, 3.05) is 5.32 Å². The van der Waals surface area contributed by atoms with Crippen molar-refractivity contribution in [2.24, 2.45) is 0 Å². The summed E-state index contributed by atoms with van der Waals surface area (Å²) < 4.78 is 40.4. The number of anilines is 1. The van der Waals surface area contributed by atoms with Crippen molar-refractivity contribution < 1.29 is 18.0 Å². The van der Waals surface area contributed by atoms with Crippen LogP contribution in [-0.4, -0.2) is 15.0 Å². The number of halogens is 4. The second-order valence-corrected chi connectivity index (χ2v) is 5.06. The Hall–Kier alpha value is -3.24. The van der Waals surface area contributed by atoms with Gasteiger partial charge in [-0.1, -0.05) is 11.6 Å². The molecule has 0 saturated heterocycles. The van der Waals surface area contributed by atoms with Crippen LogP contribution < -0.4 is 11.0 Å². The molecule has 0 aliphatic heterocycles. The van der Waals surface area contributed by atoms with Gasteiger partial charge in [0, 0.05) is 6.92 Å². The number of rotatable bonds is 3.